The lowest BCUT2D eigenvalue weighted by atomic mass is 10.3. The van der Waals surface area contributed by atoms with Crippen LogP contribution in [0.5, 0.6) is 0 Å². The maximum absolute atomic E-state index is 11.4. The van der Waals surface area contributed by atoms with Crippen LogP contribution in [0.25, 0.3) is 0 Å². The second-order valence-electron chi connectivity index (χ2n) is 2.76. The minimum atomic E-state index is -0.855. The number of nitrogens with one attached hydrogen (secondary N) is 2. The van der Waals surface area contributed by atoms with Gasteiger partial charge < -0.3 is 9.47 Å². The smallest absolute Gasteiger partial charge is 0.352 e. The van der Waals surface area contributed by atoms with Crippen molar-refractivity contribution in [2.45, 2.75) is 6.92 Å². The Bertz CT molecular complexity index is 446. The minimum absolute atomic E-state index is 0.110. The van der Waals surface area contributed by atoms with Crippen LogP contribution in [0.3, 0.4) is 0 Å². The van der Waals surface area contributed by atoms with E-state index in [1.165, 1.54) is 7.11 Å². The molecular formula is C9H10N4O4. The van der Waals surface area contributed by atoms with E-state index in [1.807, 2.05) is 0 Å². The molecule has 0 saturated heterocycles. The highest BCUT2D eigenvalue weighted by molar-refractivity contribution is 6.00. The number of urea groups is 1. The Morgan fingerprint density at radius 1 is 1.53 bits per heavy atom. The van der Waals surface area contributed by atoms with Crippen molar-refractivity contribution in [3.63, 3.8) is 0 Å². The van der Waals surface area contributed by atoms with Gasteiger partial charge in [0.25, 0.3) is 6.02 Å². The van der Waals surface area contributed by atoms with Gasteiger partial charge in [-0.2, -0.15) is 10.3 Å². The molecule has 2 N–H and O–H groups in total. The maximum Gasteiger partial charge on any atom is 0.352 e. The molecule has 2 amide bonds. The molecule has 8 nitrogen and oxygen atoms in total. The van der Waals surface area contributed by atoms with Gasteiger partial charge in [0.15, 0.2) is 11.4 Å². The summed E-state index contributed by atoms with van der Waals surface area (Å²) in [6.07, 6.45) is 0. The highest BCUT2D eigenvalue weighted by atomic mass is 16.5. The Morgan fingerprint density at radius 3 is 2.76 bits per heavy atom. The van der Waals surface area contributed by atoms with Gasteiger partial charge in [-0.3, -0.25) is 10.6 Å². The average molecular weight is 238 g/mol. The van der Waals surface area contributed by atoms with E-state index in [9.17, 15) is 9.59 Å². The zero-order valence-electron chi connectivity index (χ0n) is 9.23. The zero-order chi connectivity index (χ0) is 12.8. The summed E-state index contributed by atoms with van der Waals surface area (Å²) in [5.74, 6) is -1.06. The van der Waals surface area contributed by atoms with E-state index in [1.54, 1.807) is 13.0 Å². The Balaban J connectivity index is 3.12. The summed E-state index contributed by atoms with van der Waals surface area (Å²) in [7, 11) is 1.29. The number of aliphatic imine (C=N–C) groups is 1. The Labute approximate surface area is 96.9 Å². The van der Waals surface area contributed by atoms with E-state index in [-0.39, 0.29) is 18.4 Å². The van der Waals surface area contributed by atoms with Crippen molar-refractivity contribution < 1.29 is 19.1 Å². The van der Waals surface area contributed by atoms with Gasteiger partial charge in [-0.25, -0.2) is 9.59 Å². The van der Waals surface area contributed by atoms with E-state index >= 15 is 0 Å². The van der Waals surface area contributed by atoms with Crippen LogP contribution in [0.1, 0.15) is 6.92 Å². The molecule has 0 radical (unpaired) electrons. The second-order valence-corrected chi connectivity index (χ2v) is 2.76. The molecular weight excluding hydrogens is 228 g/mol. The molecule has 1 aliphatic rings. The monoisotopic (exact) mass is 238 g/mol. The van der Waals surface area contributed by atoms with Crippen LogP contribution in [-0.2, 0) is 14.3 Å². The normalized spacial score (nSPS) is 17.0. The van der Waals surface area contributed by atoms with Crippen LogP contribution in [0, 0.1) is 11.3 Å². The first-order chi connectivity index (χ1) is 8.12. The molecule has 8 heteroatoms. The van der Waals surface area contributed by atoms with Crippen molar-refractivity contribution in [2.75, 3.05) is 13.7 Å². The quantitative estimate of drug-likeness (QED) is 0.386. The Hall–Kier alpha value is -2.56. The number of ether oxygens (including phenoxy) is 2. The molecule has 1 heterocycles. The first-order valence-electron chi connectivity index (χ1n) is 4.64. The molecule has 0 aromatic rings. The van der Waals surface area contributed by atoms with Crippen LogP contribution in [0.2, 0.25) is 0 Å². The van der Waals surface area contributed by atoms with Crippen molar-refractivity contribution in [3.8, 4) is 6.07 Å². The molecule has 0 saturated carbocycles. The summed E-state index contributed by atoms with van der Waals surface area (Å²) in [4.78, 5) is 26.3. The number of carbonyl (C=O) groups excluding carboxylic acids is 2. The van der Waals surface area contributed by atoms with Gasteiger partial charge in [-0.05, 0) is 6.92 Å². The van der Waals surface area contributed by atoms with E-state index in [0.717, 1.165) is 0 Å². The fourth-order valence-electron chi connectivity index (χ4n) is 1.01. The summed E-state index contributed by atoms with van der Waals surface area (Å²) < 4.78 is 9.36. The first-order valence-corrected chi connectivity index (χ1v) is 4.64. The van der Waals surface area contributed by atoms with Crippen molar-refractivity contribution >= 4 is 18.0 Å². The molecule has 0 fully saturated rings. The molecule has 17 heavy (non-hydrogen) atoms. The minimum Gasteiger partial charge on any atom is -0.468 e. The van der Waals surface area contributed by atoms with Gasteiger partial charge >= 0.3 is 12.0 Å². The third kappa shape index (κ3) is 2.94. The lowest BCUT2D eigenvalue weighted by Crippen LogP contribution is -2.44. The number of methoxy groups -OCH3 is 1. The number of hydrogen-bond acceptors (Lipinski definition) is 6. The summed E-state index contributed by atoms with van der Waals surface area (Å²) >= 11 is 0. The topological polar surface area (TPSA) is 113 Å². The highest BCUT2D eigenvalue weighted by Gasteiger charge is 2.23. The van der Waals surface area contributed by atoms with Crippen molar-refractivity contribution in [1.29, 1.82) is 5.26 Å². The van der Waals surface area contributed by atoms with Gasteiger partial charge in [-0.1, -0.05) is 0 Å². The van der Waals surface area contributed by atoms with Gasteiger partial charge in [0.2, 0.25) is 0 Å². The number of hydrogen-bond donors (Lipinski definition) is 2. The van der Waals surface area contributed by atoms with Crippen LogP contribution in [-0.4, -0.2) is 31.7 Å². The highest BCUT2D eigenvalue weighted by Crippen LogP contribution is 2.08. The van der Waals surface area contributed by atoms with Crippen LogP contribution < -0.4 is 10.6 Å². The summed E-state index contributed by atoms with van der Waals surface area (Å²) in [5.41, 5.74) is -0.392. The van der Waals surface area contributed by atoms with Gasteiger partial charge in [0.1, 0.15) is 6.07 Å². The fourth-order valence-corrected chi connectivity index (χ4v) is 1.01. The summed E-state index contributed by atoms with van der Waals surface area (Å²) in [6, 6.07) is 0.862. The number of amidine groups is 1. The third-order valence-corrected chi connectivity index (χ3v) is 1.69. The lowest BCUT2D eigenvalue weighted by molar-refractivity contribution is -0.138. The summed E-state index contributed by atoms with van der Waals surface area (Å²) in [6.45, 7) is 1.72. The molecule has 0 bridgehead atoms. The molecule has 0 unspecified atom stereocenters. The van der Waals surface area contributed by atoms with Gasteiger partial charge in [-0.15, -0.1) is 0 Å². The van der Waals surface area contributed by atoms with Gasteiger partial charge in [0.05, 0.1) is 13.7 Å². The largest absolute Gasteiger partial charge is 0.468 e. The summed E-state index contributed by atoms with van der Waals surface area (Å²) in [5, 5.41) is 13.3. The Morgan fingerprint density at radius 2 is 2.24 bits per heavy atom. The SMILES string of the molecule is CCOC(=O)C(C#N)=C1N=C(OC)NC(=O)N1. The first kappa shape index (κ1) is 12.5. The number of nitriles is 1. The second kappa shape index (κ2) is 5.50. The van der Waals surface area contributed by atoms with Crippen LogP contribution >= 0.6 is 0 Å². The standard InChI is InChI=1S/C9H10N4O4/c1-3-17-7(14)5(4-10)6-11-8(15)13-9(12-6)16-2/h3H2,1-2H3,(H2,11,12,13,15). The van der Waals surface area contributed by atoms with E-state index < -0.39 is 17.6 Å². The number of amides is 2. The van der Waals surface area contributed by atoms with Crippen molar-refractivity contribution in [2.24, 2.45) is 4.99 Å². The van der Waals surface area contributed by atoms with E-state index in [2.05, 4.69) is 20.4 Å². The molecule has 0 atom stereocenters. The predicted octanol–water partition coefficient (Wildman–Crippen LogP) is -0.400. The molecule has 90 valence electrons. The number of carbonyl (C=O) groups is 2. The lowest BCUT2D eigenvalue weighted by Gasteiger charge is -2.15. The average Bonchev–Trinajstić information content (AvgIpc) is 2.29. The molecule has 0 aliphatic carbocycles. The third-order valence-electron chi connectivity index (χ3n) is 1.69. The fraction of sp³-hybridized carbons (Fsp3) is 0.333. The van der Waals surface area contributed by atoms with E-state index in [4.69, 9.17) is 10.00 Å². The predicted molar refractivity (Wildman–Crippen MR) is 55.4 cm³/mol. The number of rotatable bonds is 2. The van der Waals surface area contributed by atoms with Gasteiger partial charge in [0, 0.05) is 0 Å². The van der Waals surface area contributed by atoms with Crippen molar-refractivity contribution in [1.82, 2.24) is 10.6 Å². The van der Waals surface area contributed by atoms with Crippen molar-refractivity contribution in [3.05, 3.63) is 11.4 Å². The molecule has 0 spiro atoms. The maximum atomic E-state index is 11.4. The molecule has 0 aromatic heterocycles. The number of esters is 1. The Kier molecular flexibility index (Phi) is 4.05. The molecule has 1 aliphatic heterocycles. The van der Waals surface area contributed by atoms with Crippen LogP contribution in [0.15, 0.2) is 16.4 Å². The van der Waals surface area contributed by atoms with E-state index in [0.29, 0.717) is 0 Å². The number of nitrogens with zero attached hydrogens (tertiary/aromatic N) is 2. The zero-order valence-corrected chi connectivity index (χ0v) is 9.23. The molecule has 0 aromatic carbocycles. The van der Waals surface area contributed by atoms with Crippen LogP contribution in [0.4, 0.5) is 4.79 Å². The molecule has 1 rings (SSSR count).